The maximum absolute atomic E-state index is 12.0. The van der Waals surface area contributed by atoms with Crippen LogP contribution in [0.5, 0.6) is 5.75 Å². The van der Waals surface area contributed by atoms with Crippen LogP contribution in [0, 0.1) is 17.2 Å². The first kappa shape index (κ1) is 17.2. The minimum atomic E-state index is -1.20. The largest absolute Gasteiger partial charge is 0.480 e. The van der Waals surface area contributed by atoms with E-state index in [1.807, 2.05) is 6.07 Å². The van der Waals surface area contributed by atoms with Gasteiger partial charge in [-0.25, -0.2) is 4.79 Å². The standard InChI is InChI=1S/C15H16N2O5/c1-9(8-16)7-13(15(20)21)17-14(19)11-3-5-12(6-4-11)22-10(2)18/h3-6,9,13H,7H2,1-2H3,(H,17,19)(H,20,21)/t9-,13+/m1/s1. The molecule has 0 aliphatic rings. The lowest BCUT2D eigenvalue weighted by Gasteiger charge is -2.15. The third-order valence-corrected chi connectivity index (χ3v) is 2.79. The van der Waals surface area contributed by atoms with E-state index in [1.54, 1.807) is 6.92 Å². The highest BCUT2D eigenvalue weighted by molar-refractivity contribution is 5.96. The van der Waals surface area contributed by atoms with E-state index < -0.39 is 29.8 Å². The fourth-order valence-corrected chi connectivity index (χ4v) is 1.71. The van der Waals surface area contributed by atoms with Crippen LogP contribution in [0.3, 0.4) is 0 Å². The SMILES string of the molecule is CC(=O)Oc1ccc(C(=O)N[C@@H](C[C@@H](C)C#N)C(=O)O)cc1. The molecule has 7 nitrogen and oxygen atoms in total. The van der Waals surface area contributed by atoms with E-state index in [-0.39, 0.29) is 17.7 Å². The monoisotopic (exact) mass is 304 g/mol. The molecule has 0 bridgehead atoms. The van der Waals surface area contributed by atoms with Crippen molar-refractivity contribution in [3.8, 4) is 11.8 Å². The van der Waals surface area contributed by atoms with Gasteiger partial charge >= 0.3 is 11.9 Å². The average molecular weight is 304 g/mol. The van der Waals surface area contributed by atoms with E-state index in [4.69, 9.17) is 15.1 Å². The first-order valence-corrected chi connectivity index (χ1v) is 6.55. The number of carboxylic acid groups (broad SMARTS) is 1. The van der Waals surface area contributed by atoms with Gasteiger partial charge in [-0.1, -0.05) is 0 Å². The number of hydrogen-bond acceptors (Lipinski definition) is 5. The van der Waals surface area contributed by atoms with Gasteiger partial charge < -0.3 is 15.2 Å². The maximum atomic E-state index is 12.0. The van der Waals surface area contributed by atoms with Gasteiger partial charge in [-0.05, 0) is 37.6 Å². The number of carbonyl (C=O) groups is 3. The highest BCUT2D eigenvalue weighted by Gasteiger charge is 2.23. The van der Waals surface area contributed by atoms with Gasteiger partial charge in [0.15, 0.2) is 0 Å². The summed E-state index contributed by atoms with van der Waals surface area (Å²) >= 11 is 0. The van der Waals surface area contributed by atoms with E-state index >= 15 is 0 Å². The molecule has 1 rings (SSSR count). The second kappa shape index (κ2) is 7.78. The summed E-state index contributed by atoms with van der Waals surface area (Å²) in [4.78, 5) is 33.9. The van der Waals surface area contributed by atoms with Crippen molar-refractivity contribution in [2.24, 2.45) is 5.92 Å². The van der Waals surface area contributed by atoms with Gasteiger partial charge in [0.05, 0.1) is 6.07 Å². The summed E-state index contributed by atoms with van der Waals surface area (Å²) in [7, 11) is 0. The van der Waals surface area contributed by atoms with Crippen molar-refractivity contribution in [3.05, 3.63) is 29.8 Å². The number of aliphatic carboxylic acids is 1. The Hall–Kier alpha value is -2.88. The predicted molar refractivity (Wildman–Crippen MR) is 76.0 cm³/mol. The van der Waals surface area contributed by atoms with Crippen molar-refractivity contribution >= 4 is 17.8 Å². The molecule has 1 amide bonds. The molecule has 0 spiro atoms. The van der Waals surface area contributed by atoms with Crippen LogP contribution >= 0.6 is 0 Å². The number of esters is 1. The molecular weight excluding hydrogens is 288 g/mol. The third-order valence-electron chi connectivity index (χ3n) is 2.79. The van der Waals surface area contributed by atoms with Crippen molar-refractivity contribution < 1.29 is 24.2 Å². The highest BCUT2D eigenvalue weighted by Crippen LogP contribution is 2.13. The molecule has 7 heteroatoms. The molecule has 1 aromatic carbocycles. The Morgan fingerprint density at radius 2 is 1.91 bits per heavy atom. The molecule has 2 atom stereocenters. The average Bonchev–Trinajstić information content (AvgIpc) is 2.46. The molecule has 0 aliphatic carbocycles. The van der Waals surface area contributed by atoms with Crippen LogP contribution in [0.4, 0.5) is 0 Å². The number of hydrogen-bond donors (Lipinski definition) is 2. The van der Waals surface area contributed by atoms with Gasteiger partial charge in [0.2, 0.25) is 0 Å². The van der Waals surface area contributed by atoms with Gasteiger partial charge in [0.25, 0.3) is 5.91 Å². The summed E-state index contributed by atoms with van der Waals surface area (Å²) in [5.41, 5.74) is 0.228. The predicted octanol–water partition coefficient (Wildman–Crippen LogP) is 1.34. The topological polar surface area (TPSA) is 116 Å². The molecule has 0 saturated carbocycles. The van der Waals surface area contributed by atoms with E-state index in [1.165, 1.54) is 31.2 Å². The first-order valence-electron chi connectivity index (χ1n) is 6.55. The molecule has 0 unspecified atom stereocenters. The maximum Gasteiger partial charge on any atom is 0.326 e. The zero-order chi connectivity index (χ0) is 16.7. The van der Waals surface area contributed by atoms with Crippen LogP contribution in [0.1, 0.15) is 30.6 Å². The molecule has 22 heavy (non-hydrogen) atoms. The zero-order valence-corrected chi connectivity index (χ0v) is 12.2. The number of carbonyl (C=O) groups excluding carboxylic acids is 2. The highest BCUT2D eigenvalue weighted by atomic mass is 16.5. The van der Waals surface area contributed by atoms with Crippen molar-refractivity contribution in [1.82, 2.24) is 5.32 Å². The van der Waals surface area contributed by atoms with Crippen LogP contribution in [0.2, 0.25) is 0 Å². The quantitative estimate of drug-likeness (QED) is 0.605. The molecule has 0 aromatic heterocycles. The molecule has 0 fully saturated rings. The molecule has 0 heterocycles. The Bertz CT molecular complexity index is 603. The number of nitrogens with zero attached hydrogens (tertiary/aromatic N) is 1. The summed E-state index contributed by atoms with van der Waals surface area (Å²) in [6.45, 7) is 2.84. The van der Waals surface area contributed by atoms with E-state index in [9.17, 15) is 14.4 Å². The van der Waals surface area contributed by atoms with Crippen LogP contribution in [0.25, 0.3) is 0 Å². The summed E-state index contributed by atoms with van der Waals surface area (Å²) in [5.74, 6) is -2.46. The lowest BCUT2D eigenvalue weighted by Crippen LogP contribution is -2.41. The lowest BCUT2D eigenvalue weighted by molar-refractivity contribution is -0.139. The number of nitriles is 1. The number of amides is 1. The number of carboxylic acids is 1. The second-order valence-electron chi connectivity index (χ2n) is 4.75. The van der Waals surface area contributed by atoms with Crippen LogP contribution in [0.15, 0.2) is 24.3 Å². The van der Waals surface area contributed by atoms with Crippen molar-refractivity contribution in [3.63, 3.8) is 0 Å². The number of rotatable bonds is 6. The first-order chi connectivity index (χ1) is 10.3. The summed E-state index contributed by atoms with van der Waals surface area (Å²) in [6.07, 6.45) is 0.0170. The Morgan fingerprint density at radius 1 is 1.32 bits per heavy atom. The second-order valence-corrected chi connectivity index (χ2v) is 4.75. The Kier molecular flexibility index (Phi) is 6.08. The van der Waals surface area contributed by atoms with Crippen LogP contribution in [-0.2, 0) is 9.59 Å². The molecule has 2 N–H and O–H groups in total. The lowest BCUT2D eigenvalue weighted by atomic mass is 10.0. The summed E-state index contributed by atoms with van der Waals surface area (Å²) < 4.78 is 4.83. The van der Waals surface area contributed by atoms with Crippen LogP contribution in [-0.4, -0.2) is 29.0 Å². The number of ether oxygens (including phenoxy) is 1. The molecule has 0 radical (unpaired) electrons. The Morgan fingerprint density at radius 3 is 2.36 bits per heavy atom. The van der Waals surface area contributed by atoms with Gasteiger partial charge in [-0.3, -0.25) is 9.59 Å². The van der Waals surface area contributed by atoms with Gasteiger partial charge in [-0.15, -0.1) is 0 Å². The van der Waals surface area contributed by atoms with Crippen molar-refractivity contribution in [2.75, 3.05) is 0 Å². The normalized spacial score (nSPS) is 12.6. The van der Waals surface area contributed by atoms with Gasteiger partial charge in [0, 0.05) is 18.4 Å². The smallest absolute Gasteiger partial charge is 0.326 e. The van der Waals surface area contributed by atoms with Gasteiger partial charge in [0.1, 0.15) is 11.8 Å². The molecular formula is C15H16N2O5. The third kappa shape index (κ3) is 5.25. The number of nitrogens with one attached hydrogen (secondary N) is 1. The van der Waals surface area contributed by atoms with E-state index in [0.29, 0.717) is 0 Å². The van der Waals surface area contributed by atoms with Crippen LogP contribution < -0.4 is 10.1 Å². The van der Waals surface area contributed by atoms with E-state index in [0.717, 1.165) is 0 Å². The van der Waals surface area contributed by atoms with E-state index in [2.05, 4.69) is 5.32 Å². The summed E-state index contributed by atoms with van der Waals surface area (Å²) in [6, 6.07) is 6.49. The fourth-order valence-electron chi connectivity index (χ4n) is 1.71. The minimum absolute atomic E-state index is 0.0170. The zero-order valence-electron chi connectivity index (χ0n) is 12.2. The van der Waals surface area contributed by atoms with Crippen molar-refractivity contribution in [1.29, 1.82) is 5.26 Å². The summed E-state index contributed by atoms with van der Waals surface area (Å²) in [5, 5.41) is 20.2. The van der Waals surface area contributed by atoms with Gasteiger partial charge in [-0.2, -0.15) is 5.26 Å². The minimum Gasteiger partial charge on any atom is -0.480 e. The molecule has 116 valence electrons. The molecule has 0 saturated heterocycles. The van der Waals surface area contributed by atoms with Crippen molar-refractivity contribution in [2.45, 2.75) is 26.3 Å². The molecule has 1 aromatic rings. The number of benzene rings is 1. The molecule has 0 aliphatic heterocycles. The Balaban J connectivity index is 2.75. The fraction of sp³-hybridized carbons (Fsp3) is 0.333. The Labute approximate surface area is 127 Å².